The van der Waals surface area contributed by atoms with Gasteiger partial charge >= 0.3 is 0 Å². The summed E-state index contributed by atoms with van der Waals surface area (Å²) >= 11 is 0. The molecule has 0 aliphatic heterocycles. The summed E-state index contributed by atoms with van der Waals surface area (Å²) in [5, 5.41) is 4.83. The molecule has 0 heterocycles. The van der Waals surface area contributed by atoms with Crippen molar-refractivity contribution < 1.29 is 13.5 Å². The van der Waals surface area contributed by atoms with Crippen LogP contribution in [-0.2, 0) is 0 Å². The predicted molar refractivity (Wildman–Crippen MR) is 84.3 cm³/mol. The Morgan fingerprint density at radius 1 is 0.818 bits per heavy atom. The molecule has 0 fully saturated rings. The van der Waals surface area contributed by atoms with Crippen LogP contribution in [0, 0.1) is 11.6 Å². The van der Waals surface area contributed by atoms with Crippen molar-refractivity contribution in [3.05, 3.63) is 72.3 Å². The van der Waals surface area contributed by atoms with E-state index in [1.54, 1.807) is 0 Å². The second kappa shape index (κ2) is 6.43. The number of nitrogens with one attached hydrogen (secondary N) is 1. The Bertz CT molecular complexity index is 763. The Balaban J connectivity index is 1.63. The van der Waals surface area contributed by atoms with Crippen molar-refractivity contribution >= 4 is 16.5 Å². The normalized spacial score (nSPS) is 10.6. The third kappa shape index (κ3) is 3.01. The van der Waals surface area contributed by atoms with Crippen molar-refractivity contribution in [2.75, 3.05) is 18.5 Å². The highest BCUT2D eigenvalue weighted by molar-refractivity contribution is 5.88. The van der Waals surface area contributed by atoms with Crippen LogP contribution >= 0.6 is 0 Å². The Kier molecular flexibility index (Phi) is 4.19. The Hall–Kier alpha value is -2.62. The lowest BCUT2D eigenvalue weighted by Gasteiger charge is -2.11. The molecule has 3 aromatic carbocycles. The average Bonchev–Trinajstić information content (AvgIpc) is 2.54. The number of para-hydroxylation sites is 1. The largest absolute Gasteiger partial charge is 0.491 e. The highest BCUT2D eigenvalue weighted by atomic mass is 19.1. The van der Waals surface area contributed by atoms with E-state index in [9.17, 15) is 8.78 Å². The van der Waals surface area contributed by atoms with Gasteiger partial charge in [-0.1, -0.05) is 42.5 Å². The number of benzene rings is 3. The molecule has 22 heavy (non-hydrogen) atoms. The SMILES string of the molecule is Fc1cccc(F)c1NCCOc1cccc2ccccc12. The fourth-order valence-electron chi connectivity index (χ4n) is 2.33. The lowest BCUT2D eigenvalue weighted by molar-refractivity contribution is 0.336. The monoisotopic (exact) mass is 299 g/mol. The second-order valence-electron chi connectivity index (χ2n) is 4.85. The van der Waals surface area contributed by atoms with Gasteiger partial charge in [0.1, 0.15) is 29.7 Å². The molecule has 112 valence electrons. The Morgan fingerprint density at radius 2 is 1.50 bits per heavy atom. The summed E-state index contributed by atoms with van der Waals surface area (Å²) in [5.74, 6) is -0.454. The van der Waals surface area contributed by atoms with Crippen LogP contribution in [0.25, 0.3) is 10.8 Å². The number of hydrogen-bond donors (Lipinski definition) is 1. The van der Waals surface area contributed by atoms with Gasteiger partial charge in [0.2, 0.25) is 0 Å². The molecule has 0 aliphatic carbocycles. The third-order valence-electron chi connectivity index (χ3n) is 3.37. The minimum absolute atomic E-state index is 0.121. The summed E-state index contributed by atoms with van der Waals surface area (Å²) in [6.07, 6.45) is 0. The van der Waals surface area contributed by atoms with Crippen molar-refractivity contribution in [2.45, 2.75) is 0 Å². The zero-order chi connectivity index (χ0) is 15.4. The summed E-state index contributed by atoms with van der Waals surface area (Å²) in [5.41, 5.74) is -0.121. The number of fused-ring (bicyclic) bond motifs is 1. The number of ether oxygens (including phenoxy) is 1. The van der Waals surface area contributed by atoms with E-state index < -0.39 is 11.6 Å². The maximum Gasteiger partial charge on any atom is 0.149 e. The molecule has 0 spiro atoms. The third-order valence-corrected chi connectivity index (χ3v) is 3.37. The van der Waals surface area contributed by atoms with Crippen molar-refractivity contribution in [3.63, 3.8) is 0 Å². The van der Waals surface area contributed by atoms with Gasteiger partial charge in [0.05, 0.1) is 0 Å². The summed E-state index contributed by atoms with van der Waals surface area (Å²) in [4.78, 5) is 0. The molecule has 0 unspecified atom stereocenters. The van der Waals surface area contributed by atoms with E-state index in [1.807, 2.05) is 42.5 Å². The Morgan fingerprint density at radius 3 is 2.32 bits per heavy atom. The number of halogens is 2. The summed E-state index contributed by atoms with van der Waals surface area (Å²) in [7, 11) is 0. The minimum atomic E-state index is -0.606. The molecule has 3 aromatic rings. The van der Waals surface area contributed by atoms with E-state index >= 15 is 0 Å². The zero-order valence-electron chi connectivity index (χ0n) is 11.9. The van der Waals surface area contributed by atoms with Crippen LogP contribution in [0.4, 0.5) is 14.5 Å². The van der Waals surface area contributed by atoms with Crippen LogP contribution in [0.15, 0.2) is 60.7 Å². The number of rotatable bonds is 5. The van der Waals surface area contributed by atoms with E-state index in [-0.39, 0.29) is 5.69 Å². The van der Waals surface area contributed by atoms with E-state index in [2.05, 4.69) is 5.32 Å². The molecule has 0 atom stereocenters. The van der Waals surface area contributed by atoms with Crippen molar-refractivity contribution in [1.29, 1.82) is 0 Å². The molecule has 0 saturated heterocycles. The first-order valence-corrected chi connectivity index (χ1v) is 7.04. The van der Waals surface area contributed by atoms with Gasteiger partial charge in [0, 0.05) is 11.9 Å². The topological polar surface area (TPSA) is 21.3 Å². The van der Waals surface area contributed by atoms with Crippen LogP contribution in [0.2, 0.25) is 0 Å². The Labute approximate surface area is 127 Å². The van der Waals surface area contributed by atoms with Crippen molar-refractivity contribution in [1.82, 2.24) is 0 Å². The standard InChI is InChI=1S/C18H15F2NO/c19-15-8-4-9-16(20)18(15)21-11-12-22-17-10-3-6-13-5-1-2-7-14(13)17/h1-10,21H,11-12H2. The summed E-state index contributed by atoms with van der Waals surface area (Å²) in [6.45, 7) is 0.614. The average molecular weight is 299 g/mol. The second-order valence-corrected chi connectivity index (χ2v) is 4.85. The molecule has 0 aliphatic rings. The summed E-state index contributed by atoms with van der Waals surface area (Å²) < 4.78 is 32.6. The van der Waals surface area contributed by atoms with Gasteiger partial charge in [-0.15, -0.1) is 0 Å². The number of anilines is 1. The van der Waals surface area contributed by atoms with Gasteiger partial charge in [0.25, 0.3) is 0 Å². The number of hydrogen-bond acceptors (Lipinski definition) is 2. The maximum absolute atomic E-state index is 13.5. The fraction of sp³-hybridized carbons (Fsp3) is 0.111. The summed E-state index contributed by atoms with van der Waals surface area (Å²) in [6, 6.07) is 17.5. The molecule has 0 bridgehead atoms. The molecular weight excluding hydrogens is 284 g/mol. The molecule has 1 N–H and O–H groups in total. The van der Waals surface area contributed by atoms with Crippen LogP contribution in [0.1, 0.15) is 0 Å². The van der Waals surface area contributed by atoms with Gasteiger partial charge in [-0.05, 0) is 23.6 Å². The van der Waals surface area contributed by atoms with Gasteiger partial charge < -0.3 is 10.1 Å². The molecule has 2 nitrogen and oxygen atoms in total. The highest BCUT2D eigenvalue weighted by Gasteiger charge is 2.07. The molecule has 4 heteroatoms. The van der Waals surface area contributed by atoms with Crippen molar-refractivity contribution in [3.8, 4) is 5.75 Å². The molecule has 3 rings (SSSR count). The van der Waals surface area contributed by atoms with Crippen LogP contribution in [-0.4, -0.2) is 13.2 Å². The van der Waals surface area contributed by atoms with E-state index in [1.165, 1.54) is 18.2 Å². The molecule has 0 aromatic heterocycles. The smallest absolute Gasteiger partial charge is 0.149 e. The minimum Gasteiger partial charge on any atom is -0.491 e. The van der Waals surface area contributed by atoms with Gasteiger partial charge in [-0.2, -0.15) is 0 Å². The first-order chi connectivity index (χ1) is 10.8. The molecule has 0 radical (unpaired) electrons. The maximum atomic E-state index is 13.5. The van der Waals surface area contributed by atoms with Crippen LogP contribution in [0.5, 0.6) is 5.75 Å². The zero-order valence-corrected chi connectivity index (χ0v) is 11.9. The lowest BCUT2D eigenvalue weighted by Crippen LogP contribution is -2.13. The molecular formula is C18H15F2NO. The lowest BCUT2D eigenvalue weighted by atomic mass is 10.1. The van der Waals surface area contributed by atoms with Crippen LogP contribution < -0.4 is 10.1 Å². The van der Waals surface area contributed by atoms with E-state index in [0.29, 0.717) is 13.2 Å². The highest BCUT2D eigenvalue weighted by Crippen LogP contribution is 2.25. The predicted octanol–water partition coefficient (Wildman–Crippen LogP) is 4.61. The first kappa shape index (κ1) is 14.3. The van der Waals surface area contributed by atoms with E-state index in [0.717, 1.165) is 16.5 Å². The quantitative estimate of drug-likeness (QED) is 0.695. The molecule has 0 saturated carbocycles. The fourth-order valence-corrected chi connectivity index (χ4v) is 2.33. The van der Waals surface area contributed by atoms with E-state index in [4.69, 9.17) is 4.74 Å². The van der Waals surface area contributed by atoms with Gasteiger partial charge in [-0.25, -0.2) is 8.78 Å². The molecule has 0 amide bonds. The van der Waals surface area contributed by atoms with Crippen molar-refractivity contribution in [2.24, 2.45) is 0 Å². The van der Waals surface area contributed by atoms with Crippen LogP contribution in [0.3, 0.4) is 0 Å². The van der Waals surface area contributed by atoms with Gasteiger partial charge in [-0.3, -0.25) is 0 Å². The first-order valence-electron chi connectivity index (χ1n) is 7.04. The van der Waals surface area contributed by atoms with Gasteiger partial charge in [0.15, 0.2) is 0 Å².